The van der Waals surface area contributed by atoms with Crippen LogP contribution in [-0.2, 0) is 18.3 Å². The molecule has 14 heteroatoms. The number of hydrogen-bond acceptors (Lipinski definition) is 9. The van der Waals surface area contributed by atoms with Gasteiger partial charge in [0, 0.05) is 5.56 Å². The number of amides is 1. The number of nitrogens with one attached hydrogen (secondary N) is 1. The van der Waals surface area contributed by atoms with Crippen LogP contribution in [0.3, 0.4) is 0 Å². The van der Waals surface area contributed by atoms with Crippen LogP contribution in [-0.4, -0.2) is 68.7 Å². The molecule has 0 saturated carbocycles. The standard InChI is InChI=1S/C23H32N5O7PSi/c1-23(2,3)37(4,5)35-17-15(11-29)33-22(18(17)34-36(31)32)28-13-26-16-19(24-12-25-20(16)28)27-21(30)14-9-7-6-8-10-14/h6-10,12-13,15,17-18,22,29,36H,11H2,1-5H3,(H,31,32)(H,24,25,27,30)/t15-,17-,18-,22-/m1/s1. The molecule has 1 amide bonds. The molecule has 37 heavy (non-hydrogen) atoms. The first kappa shape index (κ1) is 27.5. The first-order valence-corrected chi connectivity index (χ1v) is 16.0. The highest BCUT2D eigenvalue weighted by Gasteiger charge is 2.52. The van der Waals surface area contributed by atoms with Crippen molar-refractivity contribution >= 4 is 39.5 Å². The molecule has 3 N–H and O–H groups in total. The highest BCUT2D eigenvalue weighted by atomic mass is 31.1. The lowest BCUT2D eigenvalue weighted by Gasteiger charge is -2.40. The van der Waals surface area contributed by atoms with Gasteiger partial charge in [-0.1, -0.05) is 39.0 Å². The monoisotopic (exact) mass is 549 g/mol. The molecular formula is C23H32N5O7PSi. The molecule has 1 aliphatic heterocycles. The zero-order valence-corrected chi connectivity index (χ0v) is 23.3. The number of nitrogens with zero attached hydrogens (tertiary/aromatic N) is 4. The second-order valence-electron chi connectivity index (χ2n) is 10.3. The number of aliphatic hydroxyl groups excluding tert-OH is 1. The van der Waals surface area contributed by atoms with Gasteiger partial charge >= 0.3 is 8.25 Å². The zero-order chi connectivity index (χ0) is 27.0. The van der Waals surface area contributed by atoms with Gasteiger partial charge in [-0.15, -0.1) is 0 Å². The predicted octanol–water partition coefficient (Wildman–Crippen LogP) is 3.13. The van der Waals surface area contributed by atoms with E-state index in [1.165, 1.54) is 17.2 Å². The van der Waals surface area contributed by atoms with Gasteiger partial charge in [0.05, 0.1) is 12.9 Å². The second kappa shape index (κ2) is 10.7. The Bertz CT molecular complexity index is 1280. The van der Waals surface area contributed by atoms with E-state index in [1.807, 2.05) is 19.2 Å². The Kier molecular flexibility index (Phi) is 7.95. The lowest BCUT2D eigenvalue weighted by atomic mass is 10.1. The smallest absolute Gasteiger partial charge is 0.317 e. The summed E-state index contributed by atoms with van der Waals surface area (Å²) in [6, 6.07) is 8.67. The topological polar surface area (TPSA) is 158 Å². The van der Waals surface area contributed by atoms with Crippen LogP contribution in [0.4, 0.5) is 5.82 Å². The SMILES string of the molecule is CC(C)(C)[Si](C)(C)O[C@H]1[C@@H](O[PH](=O)O)[C@H](n2cnc3c(NC(=O)c4ccccc4)ncnc32)O[C@@H]1CO. The molecule has 0 radical (unpaired) electrons. The van der Waals surface area contributed by atoms with Crippen molar-refractivity contribution in [1.82, 2.24) is 19.5 Å². The number of anilines is 1. The minimum absolute atomic E-state index is 0.166. The van der Waals surface area contributed by atoms with Crippen LogP contribution >= 0.6 is 8.25 Å². The number of carbonyl (C=O) groups excluding carboxylic acids is 1. The van der Waals surface area contributed by atoms with Crippen LogP contribution in [0.2, 0.25) is 18.1 Å². The summed E-state index contributed by atoms with van der Waals surface area (Å²) in [5, 5.41) is 12.7. The van der Waals surface area contributed by atoms with Gasteiger partial charge in [0.1, 0.15) is 24.6 Å². The van der Waals surface area contributed by atoms with E-state index >= 15 is 0 Å². The van der Waals surface area contributed by atoms with Gasteiger partial charge in [-0.3, -0.25) is 18.5 Å². The van der Waals surface area contributed by atoms with Crippen molar-refractivity contribution in [2.45, 2.75) is 63.4 Å². The van der Waals surface area contributed by atoms with E-state index < -0.39 is 41.1 Å². The van der Waals surface area contributed by atoms with Crippen molar-refractivity contribution in [3.8, 4) is 0 Å². The number of ether oxygens (including phenoxy) is 1. The largest absolute Gasteiger partial charge is 0.408 e. The minimum Gasteiger partial charge on any atom is -0.408 e. The Balaban J connectivity index is 1.69. The lowest BCUT2D eigenvalue weighted by molar-refractivity contribution is -0.0480. The van der Waals surface area contributed by atoms with Crippen LogP contribution in [0.15, 0.2) is 43.0 Å². The van der Waals surface area contributed by atoms with Crippen LogP contribution < -0.4 is 5.32 Å². The molecule has 3 aromatic rings. The Labute approximate surface area is 216 Å². The third-order valence-corrected chi connectivity index (χ3v) is 11.8. The van der Waals surface area contributed by atoms with Gasteiger partial charge in [0.25, 0.3) is 5.91 Å². The highest BCUT2D eigenvalue weighted by Crippen LogP contribution is 2.44. The summed E-state index contributed by atoms with van der Waals surface area (Å²) in [5.41, 5.74) is 1.05. The van der Waals surface area contributed by atoms with Crippen molar-refractivity contribution in [3.05, 3.63) is 48.5 Å². The average molecular weight is 550 g/mol. The Morgan fingerprint density at radius 1 is 1.19 bits per heavy atom. The Morgan fingerprint density at radius 3 is 2.51 bits per heavy atom. The van der Waals surface area contributed by atoms with Crippen LogP contribution in [0, 0.1) is 0 Å². The number of fused-ring (bicyclic) bond motifs is 1. The third kappa shape index (κ3) is 5.67. The van der Waals surface area contributed by atoms with E-state index in [4.69, 9.17) is 13.7 Å². The van der Waals surface area contributed by atoms with E-state index in [1.54, 1.807) is 24.3 Å². The van der Waals surface area contributed by atoms with E-state index in [0.717, 1.165) is 0 Å². The Morgan fingerprint density at radius 2 is 1.89 bits per heavy atom. The number of imidazole rings is 1. The summed E-state index contributed by atoms with van der Waals surface area (Å²) < 4.78 is 31.5. The van der Waals surface area contributed by atoms with Crippen molar-refractivity contribution in [2.75, 3.05) is 11.9 Å². The van der Waals surface area contributed by atoms with Gasteiger partial charge in [0.15, 0.2) is 31.5 Å². The molecule has 1 saturated heterocycles. The molecule has 12 nitrogen and oxygen atoms in total. The molecule has 1 aliphatic rings. The quantitative estimate of drug-likeness (QED) is 0.282. The summed E-state index contributed by atoms with van der Waals surface area (Å²) in [6.07, 6.45) is -0.942. The summed E-state index contributed by atoms with van der Waals surface area (Å²) >= 11 is 0. The van der Waals surface area contributed by atoms with Crippen molar-refractivity contribution in [3.63, 3.8) is 0 Å². The predicted molar refractivity (Wildman–Crippen MR) is 139 cm³/mol. The molecule has 0 spiro atoms. The van der Waals surface area contributed by atoms with Gasteiger partial charge in [-0.25, -0.2) is 15.0 Å². The molecule has 0 bridgehead atoms. The molecule has 1 aromatic carbocycles. The molecular weight excluding hydrogens is 517 g/mol. The number of aliphatic hydroxyl groups is 1. The average Bonchev–Trinajstić information content (AvgIpc) is 3.40. The summed E-state index contributed by atoms with van der Waals surface area (Å²) in [7, 11) is -5.79. The van der Waals surface area contributed by atoms with Crippen LogP contribution in [0.5, 0.6) is 0 Å². The third-order valence-electron chi connectivity index (χ3n) is 6.84. The fourth-order valence-electron chi connectivity index (χ4n) is 3.88. The van der Waals surface area contributed by atoms with Crippen LogP contribution in [0.25, 0.3) is 11.2 Å². The van der Waals surface area contributed by atoms with Gasteiger partial charge in [-0.2, -0.15) is 0 Å². The Hall–Kier alpha value is -2.51. The van der Waals surface area contributed by atoms with Crippen molar-refractivity contribution < 1.29 is 33.0 Å². The number of aromatic nitrogens is 4. The summed E-state index contributed by atoms with van der Waals surface area (Å²) in [5.74, 6) is -0.174. The first-order chi connectivity index (χ1) is 17.4. The second-order valence-corrected chi connectivity index (χ2v) is 15.8. The van der Waals surface area contributed by atoms with Crippen LogP contribution in [0.1, 0.15) is 37.4 Å². The number of hydrogen-bond donors (Lipinski definition) is 3. The van der Waals surface area contributed by atoms with Gasteiger partial charge < -0.3 is 24.5 Å². The molecule has 1 fully saturated rings. The number of rotatable bonds is 8. The van der Waals surface area contributed by atoms with Crippen molar-refractivity contribution in [2.24, 2.45) is 0 Å². The molecule has 4 rings (SSSR count). The maximum atomic E-state index is 12.7. The van der Waals surface area contributed by atoms with E-state index in [2.05, 4.69) is 41.0 Å². The van der Waals surface area contributed by atoms with E-state index in [-0.39, 0.29) is 23.4 Å². The van der Waals surface area contributed by atoms with Crippen molar-refractivity contribution in [1.29, 1.82) is 0 Å². The van der Waals surface area contributed by atoms with Gasteiger partial charge in [-0.05, 0) is 30.3 Å². The molecule has 2 aromatic heterocycles. The summed E-state index contributed by atoms with van der Waals surface area (Å²) in [4.78, 5) is 35.2. The number of carbonyl (C=O) groups is 1. The van der Waals surface area contributed by atoms with E-state index in [0.29, 0.717) is 16.7 Å². The lowest BCUT2D eigenvalue weighted by Crippen LogP contribution is -2.50. The fraction of sp³-hybridized carbons (Fsp3) is 0.478. The molecule has 5 atom stereocenters. The maximum Gasteiger partial charge on any atom is 0.317 e. The molecule has 1 unspecified atom stereocenters. The van der Waals surface area contributed by atoms with Gasteiger partial charge in [0.2, 0.25) is 0 Å². The highest BCUT2D eigenvalue weighted by molar-refractivity contribution is 7.32. The minimum atomic E-state index is -3.40. The molecule has 3 heterocycles. The van der Waals surface area contributed by atoms with E-state index in [9.17, 15) is 19.4 Å². The zero-order valence-electron chi connectivity index (χ0n) is 21.3. The molecule has 200 valence electrons. The number of benzene rings is 1. The first-order valence-electron chi connectivity index (χ1n) is 11.8. The fourth-order valence-corrected chi connectivity index (χ4v) is 5.68. The summed E-state index contributed by atoms with van der Waals surface area (Å²) in [6.45, 7) is 9.89. The molecule has 0 aliphatic carbocycles. The normalized spacial score (nSPS) is 23.3. The maximum absolute atomic E-state index is 12.7.